The number of carbonyl (C=O) groups excluding carboxylic acids is 1. The minimum absolute atomic E-state index is 0.0880. The molecule has 0 unspecified atom stereocenters. The second-order valence-corrected chi connectivity index (χ2v) is 6.30. The van der Waals surface area contributed by atoms with Crippen molar-refractivity contribution >= 4 is 23.6 Å². The maximum atomic E-state index is 11.5. The fourth-order valence-electron chi connectivity index (χ4n) is 2.62. The predicted molar refractivity (Wildman–Crippen MR) is 101 cm³/mol. The number of nitriles is 1. The van der Waals surface area contributed by atoms with Gasteiger partial charge < -0.3 is 9.84 Å². The van der Waals surface area contributed by atoms with Gasteiger partial charge in [-0.05, 0) is 54.3 Å². The van der Waals surface area contributed by atoms with Gasteiger partial charge in [-0.1, -0.05) is 31.0 Å². The Hall–Kier alpha value is -3.04. The molecule has 2 aromatic carbocycles. The van der Waals surface area contributed by atoms with E-state index in [0.29, 0.717) is 28.5 Å². The fraction of sp³-hybridized carbons (Fsp3) is 0.250. The molecule has 0 bridgehead atoms. The van der Waals surface area contributed by atoms with E-state index in [1.165, 1.54) is 0 Å². The van der Waals surface area contributed by atoms with Gasteiger partial charge in [0.15, 0.2) is 0 Å². The van der Waals surface area contributed by atoms with Crippen LogP contribution in [0, 0.1) is 11.3 Å². The highest BCUT2D eigenvalue weighted by Crippen LogP contribution is 2.31. The van der Waals surface area contributed by atoms with Gasteiger partial charge in [-0.15, -0.1) is 0 Å². The Morgan fingerprint density at radius 2 is 1.96 bits per heavy atom. The molecular weight excluding hydrogens is 368 g/mol. The van der Waals surface area contributed by atoms with Crippen molar-refractivity contribution in [3.05, 3.63) is 58.1 Å². The number of carboxylic acid groups (broad SMARTS) is 1. The first kappa shape index (κ1) is 20.3. The van der Waals surface area contributed by atoms with Crippen LogP contribution in [0.1, 0.15) is 36.5 Å². The van der Waals surface area contributed by atoms with E-state index in [9.17, 15) is 9.59 Å². The van der Waals surface area contributed by atoms with Crippen molar-refractivity contribution in [3.63, 3.8) is 0 Å². The molecule has 2 N–H and O–H groups in total. The monoisotopic (exact) mass is 386 g/mol. The zero-order chi connectivity index (χ0) is 19.8. The number of carbonyl (C=O) groups is 2. The third-order valence-corrected chi connectivity index (χ3v) is 4.15. The third-order valence-electron chi connectivity index (χ3n) is 3.85. The maximum absolute atomic E-state index is 11.5. The van der Waals surface area contributed by atoms with Gasteiger partial charge in [-0.2, -0.15) is 5.26 Å². The molecule has 0 heterocycles. The summed E-state index contributed by atoms with van der Waals surface area (Å²) in [5.74, 6) is 0.519. The van der Waals surface area contributed by atoms with Gasteiger partial charge in [0.05, 0.1) is 16.7 Å². The van der Waals surface area contributed by atoms with Crippen molar-refractivity contribution in [3.8, 4) is 17.6 Å². The largest absolute Gasteiger partial charge is 0.465 e. The molecule has 2 amide bonds. The summed E-state index contributed by atoms with van der Waals surface area (Å²) in [5.41, 5.74) is 2.45. The molecule has 140 valence electrons. The molecule has 0 aliphatic rings. The topological polar surface area (TPSA) is 99.4 Å². The quantitative estimate of drug-likeness (QED) is 0.719. The van der Waals surface area contributed by atoms with Gasteiger partial charge in [0.2, 0.25) is 5.91 Å². The van der Waals surface area contributed by atoms with Crippen molar-refractivity contribution in [2.75, 3.05) is 0 Å². The molecule has 0 saturated heterocycles. The number of nitrogens with zero attached hydrogens (tertiary/aromatic N) is 1. The van der Waals surface area contributed by atoms with E-state index in [2.05, 4.69) is 0 Å². The average Bonchev–Trinajstić information content (AvgIpc) is 2.62. The molecule has 0 radical (unpaired) electrons. The maximum Gasteiger partial charge on any atom is 0.411 e. The number of imide groups is 1. The van der Waals surface area contributed by atoms with Crippen LogP contribution in [-0.2, 0) is 17.6 Å². The van der Waals surface area contributed by atoms with Gasteiger partial charge in [0, 0.05) is 6.42 Å². The van der Waals surface area contributed by atoms with Crippen LogP contribution >= 0.6 is 11.6 Å². The number of aryl methyl sites for hydroxylation is 2. The minimum Gasteiger partial charge on any atom is -0.465 e. The van der Waals surface area contributed by atoms with Crippen LogP contribution in [0.3, 0.4) is 0 Å². The lowest BCUT2D eigenvalue weighted by Gasteiger charge is -2.13. The average molecular weight is 387 g/mol. The fourth-order valence-corrected chi connectivity index (χ4v) is 2.84. The van der Waals surface area contributed by atoms with Crippen molar-refractivity contribution < 1.29 is 19.4 Å². The second-order valence-electron chi connectivity index (χ2n) is 5.89. The van der Waals surface area contributed by atoms with Gasteiger partial charge in [0.25, 0.3) is 0 Å². The molecule has 0 aromatic heterocycles. The van der Waals surface area contributed by atoms with Gasteiger partial charge in [-0.25, -0.2) is 4.79 Å². The van der Waals surface area contributed by atoms with Crippen LogP contribution in [0.5, 0.6) is 11.5 Å². The highest BCUT2D eigenvalue weighted by Gasteiger charge is 2.11. The highest BCUT2D eigenvalue weighted by molar-refractivity contribution is 6.32. The molecule has 6 nitrogen and oxygen atoms in total. The van der Waals surface area contributed by atoms with Crippen molar-refractivity contribution in [2.45, 2.75) is 32.6 Å². The van der Waals surface area contributed by atoms with Crippen LogP contribution in [0.15, 0.2) is 36.4 Å². The normalized spacial score (nSPS) is 10.1. The third kappa shape index (κ3) is 6.01. The lowest BCUT2D eigenvalue weighted by atomic mass is 9.99. The number of nitrogens with one attached hydrogen (secondary N) is 1. The number of amides is 2. The van der Waals surface area contributed by atoms with E-state index in [0.717, 1.165) is 24.0 Å². The Balaban J connectivity index is 2.15. The summed E-state index contributed by atoms with van der Waals surface area (Å²) in [6, 6.07) is 12.4. The van der Waals surface area contributed by atoms with Crippen LogP contribution in [0.2, 0.25) is 5.02 Å². The molecule has 2 rings (SSSR count). The van der Waals surface area contributed by atoms with E-state index in [1.54, 1.807) is 24.3 Å². The van der Waals surface area contributed by atoms with Crippen molar-refractivity contribution in [2.24, 2.45) is 0 Å². The standard InChI is InChI=1S/C20H19ClN2O4/c1-2-3-15-11-16(27-18-8-4-13(12-22)10-17(18)21)7-5-14(15)6-9-19(24)23-20(25)26/h4-5,7-8,10-11H,2-3,6,9H2,1H3,(H,23,24)(H,25,26). The first-order chi connectivity index (χ1) is 12.9. The Bertz CT molecular complexity index is 890. The van der Waals surface area contributed by atoms with E-state index >= 15 is 0 Å². The lowest BCUT2D eigenvalue weighted by molar-refractivity contribution is -0.120. The minimum atomic E-state index is -1.35. The predicted octanol–water partition coefficient (Wildman–Crippen LogP) is 4.68. The summed E-state index contributed by atoms with van der Waals surface area (Å²) in [6.45, 7) is 2.05. The Morgan fingerprint density at radius 3 is 2.59 bits per heavy atom. The molecule has 0 fully saturated rings. The van der Waals surface area contributed by atoms with Crippen LogP contribution < -0.4 is 10.1 Å². The number of rotatable bonds is 7. The molecule has 0 saturated carbocycles. The van der Waals surface area contributed by atoms with Gasteiger partial charge >= 0.3 is 6.09 Å². The van der Waals surface area contributed by atoms with Crippen molar-refractivity contribution in [1.82, 2.24) is 5.32 Å². The first-order valence-electron chi connectivity index (χ1n) is 8.45. The Morgan fingerprint density at radius 1 is 1.19 bits per heavy atom. The van der Waals surface area contributed by atoms with Crippen LogP contribution in [0.4, 0.5) is 4.79 Å². The Labute approximate surface area is 162 Å². The Kier molecular flexibility index (Phi) is 7.21. The van der Waals surface area contributed by atoms with Crippen LogP contribution in [0.25, 0.3) is 0 Å². The molecule has 7 heteroatoms. The summed E-state index contributed by atoms with van der Waals surface area (Å²) in [5, 5.41) is 19.7. The first-order valence-corrected chi connectivity index (χ1v) is 8.82. The number of halogens is 1. The molecule has 0 spiro atoms. The summed E-state index contributed by atoms with van der Waals surface area (Å²) < 4.78 is 5.83. The number of hydrogen-bond donors (Lipinski definition) is 2. The lowest BCUT2D eigenvalue weighted by Crippen LogP contribution is -2.28. The zero-order valence-corrected chi connectivity index (χ0v) is 15.5. The van der Waals surface area contributed by atoms with E-state index in [1.807, 2.05) is 30.4 Å². The SMILES string of the molecule is CCCc1cc(Oc2ccc(C#N)cc2Cl)ccc1CCC(=O)NC(=O)O. The molecule has 2 aromatic rings. The molecule has 0 aliphatic carbocycles. The summed E-state index contributed by atoms with van der Waals surface area (Å²) in [6.07, 6.45) is 0.887. The van der Waals surface area contributed by atoms with Crippen molar-refractivity contribution in [1.29, 1.82) is 5.26 Å². The molecular formula is C20H19ClN2O4. The number of hydrogen-bond acceptors (Lipinski definition) is 4. The van der Waals surface area contributed by atoms with Crippen LogP contribution in [-0.4, -0.2) is 17.1 Å². The zero-order valence-electron chi connectivity index (χ0n) is 14.8. The number of benzene rings is 2. The molecule has 0 aliphatic heterocycles. The molecule has 0 atom stereocenters. The smallest absolute Gasteiger partial charge is 0.411 e. The summed E-state index contributed by atoms with van der Waals surface area (Å²) in [4.78, 5) is 22.0. The summed E-state index contributed by atoms with van der Waals surface area (Å²) >= 11 is 6.15. The van der Waals surface area contributed by atoms with E-state index in [-0.39, 0.29) is 6.42 Å². The van der Waals surface area contributed by atoms with E-state index < -0.39 is 12.0 Å². The highest BCUT2D eigenvalue weighted by atomic mass is 35.5. The van der Waals surface area contributed by atoms with E-state index in [4.69, 9.17) is 26.7 Å². The number of ether oxygens (including phenoxy) is 1. The summed E-state index contributed by atoms with van der Waals surface area (Å²) in [7, 11) is 0. The molecule has 27 heavy (non-hydrogen) atoms. The van der Waals surface area contributed by atoms with Gasteiger partial charge in [0.1, 0.15) is 11.5 Å². The second kappa shape index (κ2) is 9.60. The van der Waals surface area contributed by atoms with Gasteiger partial charge in [-0.3, -0.25) is 10.1 Å².